The monoisotopic (exact) mass is 375 g/mol. The van der Waals surface area contributed by atoms with Crippen LogP contribution in [0.5, 0.6) is 0 Å². The van der Waals surface area contributed by atoms with Crippen LogP contribution in [0.1, 0.15) is 59.0 Å². The highest BCUT2D eigenvalue weighted by atomic mass is 19.4. The zero-order chi connectivity index (χ0) is 19.2. The van der Waals surface area contributed by atoms with E-state index < -0.39 is 11.7 Å². The van der Waals surface area contributed by atoms with E-state index in [9.17, 15) is 18.0 Å². The molecular weight excluding hydrogens is 355 g/mol. The first-order chi connectivity index (χ1) is 12.8. The maximum atomic E-state index is 13.1. The second-order valence-electron chi connectivity index (χ2n) is 7.20. The molecule has 3 atom stereocenters. The molecule has 2 aromatic rings. The SMILES string of the molecule is CC(=O)c1ccc(C2Nc3ccc(C(F)(F)F)cc3C3OCCCC23)cc1. The molecule has 0 radical (unpaired) electrons. The Balaban J connectivity index is 1.73. The first kappa shape index (κ1) is 18.0. The van der Waals surface area contributed by atoms with Gasteiger partial charge in [-0.3, -0.25) is 4.79 Å². The maximum absolute atomic E-state index is 13.1. The molecule has 0 aliphatic carbocycles. The lowest BCUT2D eigenvalue weighted by Gasteiger charge is -2.43. The zero-order valence-electron chi connectivity index (χ0n) is 14.8. The van der Waals surface area contributed by atoms with Crippen molar-refractivity contribution in [3.05, 3.63) is 64.7 Å². The van der Waals surface area contributed by atoms with E-state index in [1.54, 1.807) is 12.1 Å². The summed E-state index contributed by atoms with van der Waals surface area (Å²) >= 11 is 0. The lowest BCUT2D eigenvalue weighted by atomic mass is 9.77. The molecule has 1 saturated heterocycles. The van der Waals surface area contributed by atoms with Crippen LogP contribution in [0.25, 0.3) is 0 Å². The average Bonchev–Trinajstić information content (AvgIpc) is 2.66. The molecule has 1 N–H and O–H groups in total. The second-order valence-corrected chi connectivity index (χ2v) is 7.20. The molecule has 0 aromatic heterocycles. The largest absolute Gasteiger partial charge is 0.416 e. The van der Waals surface area contributed by atoms with Gasteiger partial charge in [0, 0.05) is 29.3 Å². The van der Waals surface area contributed by atoms with Gasteiger partial charge >= 0.3 is 6.18 Å². The summed E-state index contributed by atoms with van der Waals surface area (Å²) in [6.45, 7) is 2.07. The Morgan fingerprint density at radius 2 is 1.89 bits per heavy atom. The summed E-state index contributed by atoms with van der Waals surface area (Å²) in [7, 11) is 0. The summed E-state index contributed by atoms with van der Waals surface area (Å²) in [6, 6.07) is 11.1. The number of fused-ring (bicyclic) bond motifs is 3. The minimum atomic E-state index is -4.38. The summed E-state index contributed by atoms with van der Waals surface area (Å²) in [5, 5.41) is 3.41. The van der Waals surface area contributed by atoms with Gasteiger partial charge in [0.1, 0.15) is 0 Å². The van der Waals surface area contributed by atoms with Gasteiger partial charge < -0.3 is 10.1 Å². The smallest absolute Gasteiger partial charge is 0.378 e. The first-order valence-electron chi connectivity index (χ1n) is 9.05. The fourth-order valence-corrected chi connectivity index (χ4v) is 4.10. The van der Waals surface area contributed by atoms with Gasteiger partial charge in [0.15, 0.2) is 5.78 Å². The molecule has 1 fully saturated rings. The molecule has 0 spiro atoms. The molecule has 2 aliphatic heterocycles. The van der Waals surface area contributed by atoms with E-state index in [2.05, 4.69) is 5.32 Å². The van der Waals surface area contributed by atoms with E-state index in [1.807, 2.05) is 12.1 Å². The minimum absolute atomic E-state index is 0.00190. The van der Waals surface area contributed by atoms with Crippen molar-refractivity contribution in [3.8, 4) is 0 Å². The number of rotatable bonds is 2. The molecule has 4 rings (SSSR count). The van der Waals surface area contributed by atoms with Crippen LogP contribution in [0.3, 0.4) is 0 Å². The van der Waals surface area contributed by atoms with Crippen molar-refractivity contribution in [3.63, 3.8) is 0 Å². The van der Waals surface area contributed by atoms with Crippen molar-refractivity contribution in [2.24, 2.45) is 5.92 Å². The third-order valence-electron chi connectivity index (χ3n) is 5.47. The van der Waals surface area contributed by atoms with Crippen molar-refractivity contribution in [2.45, 2.75) is 38.1 Å². The van der Waals surface area contributed by atoms with Crippen LogP contribution < -0.4 is 5.32 Å². The van der Waals surface area contributed by atoms with Gasteiger partial charge in [-0.1, -0.05) is 24.3 Å². The highest BCUT2D eigenvalue weighted by molar-refractivity contribution is 5.94. The van der Waals surface area contributed by atoms with Gasteiger partial charge in [0.25, 0.3) is 0 Å². The van der Waals surface area contributed by atoms with Crippen molar-refractivity contribution < 1.29 is 22.7 Å². The number of Topliss-reactive ketones (excluding diaryl/α,β-unsaturated/α-hetero) is 1. The van der Waals surface area contributed by atoms with Crippen molar-refractivity contribution in [1.29, 1.82) is 0 Å². The number of ketones is 1. The van der Waals surface area contributed by atoms with E-state index in [1.165, 1.54) is 19.1 Å². The van der Waals surface area contributed by atoms with Crippen LogP contribution in [-0.2, 0) is 10.9 Å². The number of benzene rings is 2. The van der Waals surface area contributed by atoms with Crippen LogP contribution in [0.4, 0.5) is 18.9 Å². The number of halogens is 3. The zero-order valence-corrected chi connectivity index (χ0v) is 14.8. The molecular formula is C21H20F3NO2. The number of carbonyl (C=O) groups is 1. The molecule has 0 saturated carbocycles. The normalized spacial score (nSPS) is 24.5. The second kappa shape index (κ2) is 6.68. The van der Waals surface area contributed by atoms with Gasteiger partial charge in [0.05, 0.1) is 17.7 Å². The topological polar surface area (TPSA) is 38.3 Å². The van der Waals surface area contributed by atoms with Gasteiger partial charge in [-0.25, -0.2) is 0 Å². The van der Waals surface area contributed by atoms with Crippen LogP contribution in [0.15, 0.2) is 42.5 Å². The van der Waals surface area contributed by atoms with Gasteiger partial charge in [-0.2, -0.15) is 13.2 Å². The number of ether oxygens (including phenoxy) is 1. The Kier molecular flexibility index (Phi) is 4.46. The van der Waals surface area contributed by atoms with Crippen molar-refractivity contribution in [2.75, 3.05) is 11.9 Å². The van der Waals surface area contributed by atoms with Gasteiger partial charge in [-0.15, -0.1) is 0 Å². The van der Waals surface area contributed by atoms with E-state index in [0.717, 1.165) is 24.5 Å². The van der Waals surface area contributed by atoms with Gasteiger partial charge in [-0.05, 0) is 43.5 Å². The lowest BCUT2D eigenvalue weighted by molar-refractivity contribution is -0.137. The number of carbonyl (C=O) groups excluding carboxylic acids is 1. The predicted octanol–water partition coefficient (Wildman–Crippen LogP) is 5.54. The third kappa shape index (κ3) is 3.34. The average molecular weight is 375 g/mol. The molecule has 3 nitrogen and oxygen atoms in total. The Morgan fingerprint density at radius 1 is 1.15 bits per heavy atom. The Bertz CT molecular complexity index is 861. The summed E-state index contributed by atoms with van der Waals surface area (Å²) in [5.41, 5.74) is 2.24. The maximum Gasteiger partial charge on any atom is 0.416 e. The minimum Gasteiger partial charge on any atom is -0.378 e. The summed E-state index contributed by atoms with van der Waals surface area (Å²) in [5.74, 6) is 0.0416. The van der Waals surface area contributed by atoms with E-state index >= 15 is 0 Å². The van der Waals surface area contributed by atoms with Crippen LogP contribution in [-0.4, -0.2) is 12.4 Å². The Hall–Kier alpha value is -2.34. The number of hydrogen-bond acceptors (Lipinski definition) is 3. The first-order valence-corrected chi connectivity index (χ1v) is 9.05. The number of nitrogens with one attached hydrogen (secondary N) is 1. The summed E-state index contributed by atoms with van der Waals surface area (Å²) < 4.78 is 45.3. The highest BCUT2D eigenvalue weighted by Crippen LogP contribution is 2.50. The quantitative estimate of drug-likeness (QED) is 0.700. The molecule has 2 heterocycles. The Morgan fingerprint density at radius 3 is 2.56 bits per heavy atom. The molecule has 3 unspecified atom stereocenters. The van der Waals surface area contributed by atoms with Gasteiger partial charge in [0.2, 0.25) is 0 Å². The molecule has 0 amide bonds. The Labute approximate surface area is 155 Å². The van der Waals surface area contributed by atoms with E-state index in [0.29, 0.717) is 23.4 Å². The van der Waals surface area contributed by atoms with Crippen molar-refractivity contribution in [1.82, 2.24) is 0 Å². The molecule has 2 aromatic carbocycles. The van der Waals surface area contributed by atoms with Crippen LogP contribution in [0, 0.1) is 5.92 Å². The fraction of sp³-hybridized carbons (Fsp3) is 0.381. The summed E-state index contributed by atoms with van der Waals surface area (Å²) in [4.78, 5) is 11.5. The lowest BCUT2D eigenvalue weighted by Crippen LogP contribution is -2.36. The predicted molar refractivity (Wildman–Crippen MR) is 95.7 cm³/mol. The number of anilines is 1. The number of hydrogen-bond donors (Lipinski definition) is 1. The van der Waals surface area contributed by atoms with Crippen LogP contribution in [0.2, 0.25) is 0 Å². The third-order valence-corrected chi connectivity index (χ3v) is 5.47. The van der Waals surface area contributed by atoms with E-state index in [4.69, 9.17) is 4.74 Å². The van der Waals surface area contributed by atoms with E-state index in [-0.39, 0.29) is 23.8 Å². The standard InChI is InChI=1S/C21H20F3NO2/c1-12(26)13-4-6-14(7-5-13)19-16-3-2-10-27-20(16)17-11-15(21(22,23)24)8-9-18(17)25-19/h4-9,11,16,19-20,25H,2-3,10H2,1H3. The molecule has 0 bridgehead atoms. The van der Waals surface area contributed by atoms with Crippen LogP contribution >= 0.6 is 0 Å². The molecule has 6 heteroatoms. The molecule has 142 valence electrons. The number of alkyl halides is 3. The molecule has 2 aliphatic rings. The molecule has 27 heavy (non-hydrogen) atoms. The fourth-order valence-electron chi connectivity index (χ4n) is 4.10. The van der Waals surface area contributed by atoms with Crippen molar-refractivity contribution >= 4 is 11.5 Å². The highest BCUT2D eigenvalue weighted by Gasteiger charge is 2.41. The summed E-state index contributed by atoms with van der Waals surface area (Å²) in [6.07, 6.45) is -3.00.